The van der Waals surface area contributed by atoms with Gasteiger partial charge in [0.25, 0.3) is 0 Å². The molecule has 0 atom stereocenters. The number of pyridine rings is 1. The molecule has 0 N–H and O–H groups in total. The van der Waals surface area contributed by atoms with Crippen molar-refractivity contribution in [2.45, 2.75) is 0 Å². The van der Waals surface area contributed by atoms with E-state index in [4.69, 9.17) is 9.47 Å². The number of hydrogen-bond acceptors (Lipinski definition) is 4. The Morgan fingerprint density at radius 2 is 1.90 bits per heavy atom. The molecule has 0 fully saturated rings. The predicted molar refractivity (Wildman–Crippen MR) is 77.7 cm³/mol. The Kier molecular flexibility index (Phi) is 4.15. The molecular weight excluding hydrogens is 254 g/mol. The molecule has 0 aliphatic rings. The van der Waals surface area contributed by atoms with Crippen molar-refractivity contribution in [1.29, 1.82) is 0 Å². The molecule has 0 amide bonds. The largest absolute Gasteiger partial charge is 0.497 e. The van der Waals surface area contributed by atoms with Crippen molar-refractivity contribution in [2.75, 3.05) is 14.2 Å². The molecule has 0 unspecified atom stereocenters. The number of methoxy groups -OCH3 is 2. The van der Waals surface area contributed by atoms with Gasteiger partial charge in [-0.05, 0) is 42.0 Å². The highest BCUT2D eigenvalue weighted by molar-refractivity contribution is 5.88. The fraction of sp³-hybridized carbons (Fsp3) is 0.125. The van der Waals surface area contributed by atoms with Crippen LogP contribution < -0.4 is 4.74 Å². The minimum absolute atomic E-state index is 0.260. The number of benzene rings is 1. The Morgan fingerprint density at radius 3 is 2.45 bits per heavy atom. The van der Waals surface area contributed by atoms with Gasteiger partial charge in [0.15, 0.2) is 0 Å². The van der Waals surface area contributed by atoms with Crippen LogP contribution in [0.2, 0.25) is 0 Å². The second-order valence-corrected chi connectivity index (χ2v) is 4.10. The normalized spacial score (nSPS) is 9.90. The van der Waals surface area contributed by atoms with Crippen LogP contribution in [0, 0.1) is 0 Å². The van der Waals surface area contributed by atoms with Gasteiger partial charge in [0, 0.05) is 5.56 Å². The van der Waals surface area contributed by atoms with Gasteiger partial charge in [-0.3, -0.25) is 0 Å². The lowest BCUT2D eigenvalue weighted by Gasteiger charge is -2.07. The van der Waals surface area contributed by atoms with Crippen molar-refractivity contribution in [1.82, 2.24) is 4.98 Å². The molecule has 102 valence electrons. The summed E-state index contributed by atoms with van der Waals surface area (Å²) in [7, 11) is 2.94. The lowest BCUT2D eigenvalue weighted by Crippen LogP contribution is -2.05. The summed E-state index contributed by atoms with van der Waals surface area (Å²) in [6.45, 7) is 3.72. The highest BCUT2D eigenvalue weighted by atomic mass is 16.5. The molecule has 0 radical (unpaired) electrons. The highest BCUT2D eigenvalue weighted by Crippen LogP contribution is 2.22. The first kappa shape index (κ1) is 13.8. The molecule has 0 saturated carbocycles. The summed E-state index contributed by atoms with van der Waals surface area (Å²) >= 11 is 0. The molecule has 1 aromatic carbocycles. The Bertz CT molecular complexity index is 633. The molecular formula is C16H15NO3. The zero-order valence-corrected chi connectivity index (χ0v) is 11.4. The molecule has 0 saturated heterocycles. The van der Waals surface area contributed by atoms with E-state index in [0.717, 1.165) is 16.9 Å². The number of carbonyl (C=O) groups is 1. The molecule has 4 nitrogen and oxygen atoms in total. The fourth-order valence-corrected chi connectivity index (χ4v) is 1.79. The molecule has 2 aromatic rings. The third-order valence-corrected chi connectivity index (χ3v) is 2.86. The average Bonchev–Trinajstić information content (AvgIpc) is 2.53. The lowest BCUT2D eigenvalue weighted by molar-refractivity contribution is 0.0594. The van der Waals surface area contributed by atoms with Gasteiger partial charge in [0.1, 0.15) is 11.4 Å². The summed E-state index contributed by atoms with van der Waals surface area (Å²) in [6.07, 6.45) is 1.67. The number of ether oxygens (including phenoxy) is 2. The maximum absolute atomic E-state index is 11.6. The van der Waals surface area contributed by atoms with Crippen LogP contribution in [0.3, 0.4) is 0 Å². The van der Waals surface area contributed by atoms with Gasteiger partial charge in [-0.25, -0.2) is 9.78 Å². The second kappa shape index (κ2) is 6.02. The molecule has 4 heteroatoms. The van der Waals surface area contributed by atoms with Gasteiger partial charge in [-0.2, -0.15) is 0 Å². The number of hydrogen-bond donors (Lipinski definition) is 0. The van der Waals surface area contributed by atoms with E-state index in [0.29, 0.717) is 5.69 Å². The van der Waals surface area contributed by atoms with Crippen LogP contribution in [0.5, 0.6) is 5.75 Å². The minimum Gasteiger partial charge on any atom is -0.497 e. The summed E-state index contributed by atoms with van der Waals surface area (Å²) in [5, 5.41) is 0. The van der Waals surface area contributed by atoms with Gasteiger partial charge in [0.05, 0.1) is 19.9 Å². The summed E-state index contributed by atoms with van der Waals surface area (Å²) in [5.74, 6) is 0.297. The van der Waals surface area contributed by atoms with Crippen LogP contribution in [-0.2, 0) is 4.74 Å². The molecule has 0 aliphatic carbocycles. The van der Waals surface area contributed by atoms with Crippen molar-refractivity contribution in [3.05, 3.63) is 54.2 Å². The van der Waals surface area contributed by atoms with E-state index >= 15 is 0 Å². The summed E-state index contributed by atoms with van der Waals surface area (Å²) in [4.78, 5) is 15.9. The van der Waals surface area contributed by atoms with Gasteiger partial charge in [0.2, 0.25) is 0 Å². The summed E-state index contributed by atoms with van der Waals surface area (Å²) in [5.41, 5.74) is 2.65. The number of carbonyl (C=O) groups excluding carboxylic acids is 1. The molecule has 0 spiro atoms. The zero-order chi connectivity index (χ0) is 14.5. The first-order valence-electron chi connectivity index (χ1n) is 6.05. The summed E-state index contributed by atoms with van der Waals surface area (Å²) < 4.78 is 9.83. The van der Waals surface area contributed by atoms with Gasteiger partial charge < -0.3 is 9.47 Å². The van der Waals surface area contributed by atoms with Crippen molar-refractivity contribution in [2.24, 2.45) is 0 Å². The second-order valence-electron chi connectivity index (χ2n) is 4.10. The van der Waals surface area contributed by atoms with E-state index in [9.17, 15) is 4.79 Å². The highest BCUT2D eigenvalue weighted by Gasteiger charge is 2.11. The third kappa shape index (κ3) is 2.85. The van der Waals surface area contributed by atoms with Crippen LogP contribution in [0.25, 0.3) is 17.3 Å². The van der Waals surface area contributed by atoms with Crippen molar-refractivity contribution < 1.29 is 14.3 Å². The Morgan fingerprint density at radius 1 is 1.20 bits per heavy atom. The van der Waals surface area contributed by atoms with Crippen molar-refractivity contribution in [3.8, 4) is 17.0 Å². The molecule has 1 aromatic heterocycles. The summed E-state index contributed by atoms with van der Waals surface area (Å²) in [6, 6.07) is 11.0. The first-order chi connectivity index (χ1) is 9.67. The molecule has 0 bridgehead atoms. The van der Waals surface area contributed by atoms with E-state index in [2.05, 4.69) is 11.6 Å². The van der Waals surface area contributed by atoms with E-state index in [1.807, 2.05) is 30.3 Å². The lowest BCUT2D eigenvalue weighted by atomic mass is 10.1. The number of aromatic nitrogens is 1. The molecule has 20 heavy (non-hydrogen) atoms. The quantitative estimate of drug-likeness (QED) is 0.800. The van der Waals surface area contributed by atoms with Crippen LogP contribution in [0.4, 0.5) is 0 Å². The van der Waals surface area contributed by atoms with Crippen LogP contribution in [0.1, 0.15) is 16.1 Å². The Balaban J connectivity index is 2.48. The fourth-order valence-electron chi connectivity index (χ4n) is 1.79. The molecule has 1 heterocycles. The third-order valence-electron chi connectivity index (χ3n) is 2.86. The number of nitrogens with zero attached hydrogens (tertiary/aromatic N) is 1. The van der Waals surface area contributed by atoms with Crippen LogP contribution in [0.15, 0.2) is 43.0 Å². The molecule has 2 rings (SSSR count). The van der Waals surface area contributed by atoms with E-state index in [1.165, 1.54) is 7.11 Å². The average molecular weight is 269 g/mol. The van der Waals surface area contributed by atoms with Crippen molar-refractivity contribution >= 4 is 12.0 Å². The Labute approximate surface area is 117 Å². The maximum Gasteiger partial charge on any atom is 0.356 e. The van der Waals surface area contributed by atoms with E-state index in [1.54, 1.807) is 19.3 Å². The van der Waals surface area contributed by atoms with Crippen molar-refractivity contribution in [3.63, 3.8) is 0 Å². The van der Waals surface area contributed by atoms with E-state index in [-0.39, 0.29) is 5.69 Å². The Hall–Kier alpha value is -2.62. The number of esters is 1. The van der Waals surface area contributed by atoms with Gasteiger partial charge >= 0.3 is 5.97 Å². The standard InChI is InChI=1S/C16H15NO3/c1-4-11-9-14(17-15(10-11)16(18)20-3)12-5-7-13(19-2)8-6-12/h4-10H,1H2,2-3H3. The van der Waals surface area contributed by atoms with Crippen LogP contribution in [-0.4, -0.2) is 25.2 Å². The first-order valence-corrected chi connectivity index (χ1v) is 6.05. The van der Waals surface area contributed by atoms with E-state index < -0.39 is 5.97 Å². The monoisotopic (exact) mass is 269 g/mol. The maximum atomic E-state index is 11.6. The SMILES string of the molecule is C=Cc1cc(C(=O)OC)nc(-c2ccc(OC)cc2)c1. The predicted octanol–water partition coefficient (Wildman–Crippen LogP) is 3.19. The topological polar surface area (TPSA) is 48.4 Å². The van der Waals surface area contributed by atoms with Crippen LogP contribution >= 0.6 is 0 Å². The smallest absolute Gasteiger partial charge is 0.356 e. The van der Waals surface area contributed by atoms with Gasteiger partial charge in [-0.1, -0.05) is 12.7 Å². The zero-order valence-electron chi connectivity index (χ0n) is 11.4. The molecule has 0 aliphatic heterocycles. The van der Waals surface area contributed by atoms with Gasteiger partial charge in [-0.15, -0.1) is 0 Å². The minimum atomic E-state index is -0.469. The number of rotatable bonds is 4.